The summed E-state index contributed by atoms with van der Waals surface area (Å²) in [5.41, 5.74) is 3.45. The number of hydrogen-bond donors (Lipinski definition) is 1. The second kappa shape index (κ2) is 9.08. The lowest BCUT2D eigenvalue weighted by molar-refractivity contribution is 0.0954. The number of carbonyl (C=O) groups is 1. The first-order chi connectivity index (χ1) is 13.7. The Hall–Kier alpha value is -4.01. The van der Waals surface area contributed by atoms with E-state index in [4.69, 9.17) is 14.2 Å². The highest BCUT2D eigenvalue weighted by atomic mass is 16.5. The van der Waals surface area contributed by atoms with Gasteiger partial charge < -0.3 is 14.2 Å². The SMILES string of the molecule is COc1cc(OC)nc(Oc2ccccc2/C=N/NC(=O)c2cccnc2)n1. The summed E-state index contributed by atoms with van der Waals surface area (Å²) in [6.07, 6.45) is 4.50. The van der Waals surface area contributed by atoms with E-state index in [2.05, 4.69) is 25.5 Å². The van der Waals surface area contributed by atoms with Crippen molar-refractivity contribution in [3.05, 3.63) is 66.0 Å². The standard InChI is InChI=1S/C19H17N5O4/c1-26-16-10-17(27-2)23-19(22-16)28-15-8-4-3-6-13(15)12-21-24-18(25)14-7-5-9-20-11-14/h3-12H,1-2H3,(H,24,25)/b21-12+. The molecule has 3 rings (SSSR count). The Labute approximate surface area is 161 Å². The van der Waals surface area contributed by atoms with Gasteiger partial charge in [0.05, 0.1) is 32.1 Å². The van der Waals surface area contributed by atoms with Crippen LogP contribution in [0.5, 0.6) is 23.5 Å². The first-order valence-corrected chi connectivity index (χ1v) is 8.17. The van der Waals surface area contributed by atoms with Crippen LogP contribution in [0.4, 0.5) is 0 Å². The average Bonchev–Trinajstić information content (AvgIpc) is 2.75. The molecule has 0 atom stereocenters. The molecule has 0 saturated heterocycles. The number of para-hydroxylation sites is 1. The van der Waals surface area contributed by atoms with Crippen LogP contribution in [-0.2, 0) is 0 Å². The third-order valence-corrected chi connectivity index (χ3v) is 3.49. The number of benzene rings is 1. The zero-order chi connectivity index (χ0) is 19.8. The van der Waals surface area contributed by atoms with Crippen LogP contribution >= 0.6 is 0 Å². The monoisotopic (exact) mass is 379 g/mol. The van der Waals surface area contributed by atoms with Gasteiger partial charge in [0.15, 0.2) is 0 Å². The maximum Gasteiger partial charge on any atom is 0.328 e. The molecule has 0 aliphatic heterocycles. The van der Waals surface area contributed by atoms with Gasteiger partial charge in [-0.15, -0.1) is 0 Å². The van der Waals surface area contributed by atoms with Gasteiger partial charge in [-0.3, -0.25) is 9.78 Å². The summed E-state index contributed by atoms with van der Waals surface area (Å²) in [5.74, 6) is 0.675. The summed E-state index contributed by atoms with van der Waals surface area (Å²) in [6.45, 7) is 0. The normalized spacial score (nSPS) is 10.5. The van der Waals surface area contributed by atoms with Crippen molar-refractivity contribution in [2.75, 3.05) is 14.2 Å². The smallest absolute Gasteiger partial charge is 0.328 e. The average molecular weight is 379 g/mol. The number of ether oxygens (including phenoxy) is 3. The van der Waals surface area contributed by atoms with E-state index in [1.165, 1.54) is 32.7 Å². The third-order valence-electron chi connectivity index (χ3n) is 3.49. The van der Waals surface area contributed by atoms with Crippen LogP contribution in [0.25, 0.3) is 0 Å². The molecule has 0 aliphatic carbocycles. The predicted octanol–water partition coefficient (Wildman–Crippen LogP) is 2.45. The molecule has 0 spiro atoms. The van der Waals surface area contributed by atoms with Gasteiger partial charge in [-0.2, -0.15) is 15.1 Å². The molecule has 2 aromatic heterocycles. The van der Waals surface area contributed by atoms with E-state index in [0.29, 0.717) is 28.6 Å². The largest absolute Gasteiger partial charge is 0.481 e. The molecule has 0 fully saturated rings. The molecule has 0 aliphatic rings. The number of amides is 1. The van der Waals surface area contributed by atoms with E-state index in [-0.39, 0.29) is 11.9 Å². The number of carbonyl (C=O) groups excluding carboxylic acids is 1. The number of nitrogens with zero attached hydrogens (tertiary/aromatic N) is 4. The van der Waals surface area contributed by atoms with E-state index in [1.807, 2.05) is 6.07 Å². The highest BCUT2D eigenvalue weighted by Gasteiger charge is 2.10. The van der Waals surface area contributed by atoms with Crippen LogP contribution < -0.4 is 19.6 Å². The Morgan fingerprint density at radius 3 is 2.50 bits per heavy atom. The molecule has 1 amide bonds. The van der Waals surface area contributed by atoms with Crippen molar-refractivity contribution in [1.29, 1.82) is 0 Å². The number of hydrogen-bond acceptors (Lipinski definition) is 8. The maximum atomic E-state index is 12.0. The van der Waals surface area contributed by atoms with Crippen LogP contribution in [0, 0.1) is 0 Å². The fraction of sp³-hybridized carbons (Fsp3) is 0.105. The summed E-state index contributed by atoms with van der Waals surface area (Å²) >= 11 is 0. The van der Waals surface area contributed by atoms with Crippen LogP contribution in [0.15, 0.2) is 60.0 Å². The van der Waals surface area contributed by atoms with Crippen molar-refractivity contribution < 1.29 is 19.0 Å². The lowest BCUT2D eigenvalue weighted by Gasteiger charge is -2.09. The quantitative estimate of drug-likeness (QED) is 0.496. The number of aromatic nitrogens is 3. The minimum atomic E-state index is -0.372. The van der Waals surface area contributed by atoms with Crippen LogP contribution in [0.2, 0.25) is 0 Å². The van der Waals surface area contributed by atoms with E-state index >= 15 is 0 Å². The minimum absolute atomic E-state index is 0.0523. The predicted molar refractivity (Wildman–Crippen MR) is 101 cm³/mol. The van der Waals surface area contributed by atoms with Crippen LogP contribution in [0.1, 0.15) is 15.9 Å². The molecule has 1 N–H and O–H groups in total. The van der Waals surface area contributed by atoms with E-state index in [9.17, 15) is 4.79 Å². The molecule has 3 aromatic rings. The molecule has 1 aromatic carbocycles. The molecule has 28 heavy (non-hydrogen) atoms. The summed E-state index contributed by atoms with van der Waals surface area (Å²) in [6, 6.07) is 12.0. The Bertz CT molecular complexity index is 957. The first kappa shape index (κ1) is 18.8. The summed E-state index contributed by atoms with van der Waals surface area (Å²) in [5, 5.41) is 3.97. The Balaban J connectivity index is 1.75. The van der Waals surface area contributed by atoms with Gasteiger partial charge in [-0.05, 0) is 24.3 Å². The molecule has 0 unspecified atom stereocenters. The Morgan fingerprint density at radius 2 is 1.82 bits per heavy atom. The van der Waals surface area contributed by atoms with Crippen molar-refractivity contribution in [2.45, 2.75) is 0 Å². The number of nitrogens with one attached hydrogen (secondary N) is 1. The Kier molecular flexibility index (Phi) is 6.09. The minimum Gasteiger partial charge on any atom is -0.481 e. The zero-order valence-electron chi connectivity index (χ0n) is 15.2. The van der Waals surface area contributed by atoms with Gasteiger partial charge in [0.2, 0.25) is 11.8 Å². The molecular weight excluding hydrogens is 362 g/mol. The second-order valence-electron chi connectivity index (χ2n) is 5.32. The lowest BCUT2D eigenvalue weighted by Crippen LogP contribution is -2.17. The van der Waals surface area contributed by atoms with Gasteiger partial charge in [0.1, 0.15) is 5.75 Å². The van der Waals surface area contributed by atoms with Crippen LogP contribution in [-0.4, -0.2) is 41.3 Å². The molecule has 0 saturated carbocycles. The Morgan fingerprint density at radius 1 is 1.07 bits per heavy atom. The van der Waals surface area contributed by atoms with Crippen molar-refractivity contribution in [3.63, 3.8) is 0 Å². The lowest BCUT2D eigenvalue weighted by atomic mass is 10.2. The number of rotatable bonds is 7. The van der Waals surface area contributed by atoms with Gasteiger partial charge in [-0.25, -0.2) is 5.43 Å². The molecule has 0 radical (unpaired) electrons. The van der Waals surface area contributed by atoms with Gasteiger partial charge in [0.25, 0.3) is 5.91 Å². The van der Waals surface area contributed by atoms with Crippen molar-refractivity contribution >= 4 is 12.1 Å². The van der Waals surface area contributed by atoms with Gasteiger partial charge in [-0.1, -0.05) is 12.1 Å². The number of hydrazone groups is 1. The van der Waals surface area contributed by atoms with Gasteiger partial charge in [0, 0.05) is 18.0 Å². The highest BCUT2D eigenvalue weighted by molar-refractivity contribution is 5.94. The van der Waals surface area contributed by atoms with Gasteiger partial charge >= 0.3 is 6.01 Å². The third kappa shape index (κ3) is 4.79. The van der Waals surface area contributed by atoms with Crippen LogP contribution in [0.3, 0.4) is 0 Å². The van der Waals surface area contributed by atoms with E-state index < -0.39 is 0 Å². The van der Waals surface area contributed by atoms with Crippen molar-refractivity contribution in [3.8, 4) is 23.5 Å². The number of methoxy groups -OCH3 is 2. The van der Waals surface area contributed by atoms with E-state index in [1.54, 1.807) is 36.5 Å². The summed E-state index contributed by atoms with van der Waals surface area (Å²) in [7, 11) is 2.97. The summed E-state index contributed by atoms with van der Waals surface area (Å²) < 4.78 is 16.0. The first-order valence-electron chi connectivity index (χ1n) is 8.17. The molecule has 9 nitrogen and oxygen atoms in total. The fourth-order valence-corrected chi connectivity index (χ4v) is 2.14. The summed E-state index contributed by atoms with van der Waals surface area (Å²) in [4.78, 5) is 24.2. The maximum absolute atomic E-state index is 12.0. The number of pyridine rings is 1. The van der Waals surface area contributed by atoms with Crippen molar-refractivity contribution in [2.24, 2.45) is 5.10 Å². The highest BCUT2D eigenvalue weighted by Crippen LogP contribution is 2.25. The topological polar surface area (TPSA) is 108 Å². The fourth-order valence-electron chi connectivity index (χ4n) is 2.14. The van der Waals surface area contributed by atoms with Crippen molar-refractivity contribution in [1.82, 2.24) is 20.4 Å². The zero-order valence-corrected chi connectivity index (χ0v) is 15.2. The molecule has 0 bridgehead atoms. The second-order valence-corrected chi connectivity index (χ2v) is 5.32. The molecular formula is C19H17N5O4. The molecule has 9 heteroatoms. The molecule has 142 valence electrons. The van der Waals surface area contributed by atoms with E-state index in [0.717, 1.165) is 0 Å². The molecule has 2 heterocycles.